The molecule has 6 heteroatoms. The second kappa shape index (κ2) is 8.19. The largest absolute Gasteiger partial charge is 0.317 e. The maximum atomic E-state index is 12.3. The van der Waals surface area contributed by atoms with Gasteiger partial charge in [-0.05, 0) is 52.9 Å². The maximum Gasteiger partial charge on any atom is 0.214 e. The average molecular weight is 291 g/mol. The van der Waals surface area contributed by atoms with Crippen LogP contribution in [0.1, 0.15) is 32.6 Å². The number of nitrogens with one attached hydrogen (secondary N) is 1. The Labute approximate surface area is 118 Å². The van der Waals surface area contributed by atoms with Gasteiger partial charge in [-0.3, -0.25) is 0 Å². The van der Waals surface area contributed by atoms with Crippen LogP contribution in [0.15, 0.2) is 0 Å². The molecular formula is C13H29N3O2S. The van der Waals surface area contributed by atoms with Crippen LogP contribution in [0.2, 0.25) is 0 Å². The van der Waals surface area contributed by atoms with Crippen molar-refractivity contribution in [2.75, 3.05) is 46.0 Å². The van der Waals surface area contributed by atoms with Crippen molar-refractivity contribution in [2.24, 2.45) is 0 Å². The van der Waals surface area contributed by atoms with Crippen molar-refractivity contribution in [1.29, 1.82) is 0 Å². The van der Waals surface area contributed by atoms with Crippen LogP contribution in [0.25, 0.3) is 0 Å². The van der Waals surface area contributed by atoms with Crippen LogP contribution in [0.5, 0.6) is 0 Å². The zero-order chi connectivity index (χ0) is 14.3. The molecule has 1 saturated heterocycles. The molecule has 0 aliphatic carbocycles. The molecular weight excluding hydrogens is 262 g/mol. The van der Waals surface area contributed by atoms with E-state index in [9.17, 15) is 8.42 Å². The molecule has 0 spiro atoms. The van der Waals surface area contributed by atoms with Gasteiger partial charge in [0, 0.05) is 19.1 Å². The third-order valence-electron chi connectivity index (χ3n) is 3.44. The van der Waals surface area contributed by atoms with Crippen molar-refractivity contribution >= 4 is 10.0 Å². The molecule has 1 N–H and O–H groups in total. The van der Waals surface area contributed by atoms with Crippen LogP contribution in [0.3, 0.4) is 0 Å². The molecule has 0 aromatic rings. The number of hydrogen-bond acceptors (Lipinski definition) is 4. The lowest BCUT2D eigenvalue weighted by atomic mass is 10.2. The molecule has 0 radical (unpaired) electrons. The zero-order valence-electron chi connectivity index (χ0n) is 12.6. The minimum Gasteiger partial charge on any atom is -0.317 e. The van der Waals surface area contributed by atoms with E-state index >= 15 is 0 Å². The van der Waals surface area contributed by atoms with Gasteiger partial charge in [-0.1, -0.05) is 6.92 Å². The Kier molecular flexibility index (Phi) is 7.28. The maximum absolute atomic E-state index is 12.3. The summed E-state index contributed by atoms with van der Waals surface area (Å²) >= 11 is 0. The molecule has 1 aliphatic rings. The zero-order valence-corrected chi connectivity index (χ0v) is 13.4. The van der Waals surface area contributed by atoms with Gasteiger partial charge in [-0.15, -0.1) is 0 Å². The summed E-state index contributed by atoms with van der Waals surface area (Å²) in [5.41, 5.74) is 0. The lowest BCUT2D eigenvalue weighted by Crippen LogP contribution is -2.42. The molecule has 0 amide bonds. The Morgan fingerprint density at radius 3 is 2.68 bits per heavy atom. The Morgan fingerprint density at radius 1 is 1.32 bits per heavy atom. The molecule has 1 rings (SSSR count). The standard InChI is InChI=1S/C13H29N3O2S/c1-4-8-14-9-6-11-19(17,18)16-10-5-7-13(16)12-15(2)3/h13-14H,4-12H2,1-3H3. The lowest BCUT2D eigenvalue weighted by Gasteiger charge is -2.26. The minimum absolute atomic E-state index is 0.170. The summed E-state index contributed by atoms with van der Waals surface area (Å²) in [5.74, 6) is 0.271. The fourth-order valence-corrected chi connectivity index (χ4v) is 4.36. The molecule has 1 fully saturated rings. The summed E-state index contributed by atoms with van der Waals surface area (Å²) in [6.45, 7) is 5.39. The number of sulfonamides is 1. The summed E-state index contributed by atoms with van der Waals surface area (Å²) in [7, 11) is 0.920. The molecule has 0 aromatic carbocycles. The molecule has 1 aliphatic heterocycles. The third kappa shape index (κ3) is 5.77. The second-order valence-electron chi connectivity index (χ2n) is 5.59. The predicted octanol–water partition coefficient (Wildman–Crippen LogP) is 0.732. The minimum atomic E-state index is -3.08. The Morgan fingerprint density at radius 2 is 2.05 bits per heavy atom. The number of nitrogens with zero attached hydrogens (tertiary/aromatic N) is 2. The van der Waals surface area contributed by atoms with Gasteiger partial charge in [0.1, 0.15) is 0 Å². The van der Waals surface area contributed by atoms with Gasteiger partial charge in [0.05, 0.1) is 5.75 Å². The van der Waals surface area contributed by atoms with E-state index in [1.807, 2.05) is 14.1 Å². The molecule has 0 saturated carbocycles. The van der Waals surface area contributed by atoms with Crippen molar-refractivity contribution in [1.82, 2.24) is 14.5 Å². The van der Waals surface area contributed by atoms with Gasteiger partial charge in [-0.25, -0.2) is 8.42 Å². The van der Waals surface area contributed by atoms with Crippen LogP contribution in [-0.2, 0) is 10.0 Å². The van der Waals surface area contributed by atoms with E-state index in [-0.39, 0.29) is 11.8 Å². The van der Waals surface area contributed by atoms with Gasteiger partial charge in [0.2, 0.25) is 10.0 Å². The van der Waals surface area contributed by atoms with Gasteiger partial charge < -0.3 is 10.2 Å². The summed E-state index contributed by atoms with van der Waals surface area (Å²) in [5, 5.41) is 3.25. The Hall–Kier alpha value is -0.170. The smallest absolute Gasteiger partial charge is 0.214 e. The molecule has 5 nitrogen and oxygen atoms in total. The van der Waals surface area contributed by atoms with E-state index < -0.39 is 10.0 Å². The molecule has 0 aromatic heterocycles. The number of rotatable bonds is 9. The first-order chi connectivity index (χ1) is 8.97. The monoisotopic (exact) mass is 291 g/mol. The first-order valence-corrected chi connectivity index (χ1v) is 8.93. The van der Waals surface area contributed by atoms with E-state index in [1.165, 1.54) is 0 Å². The SMILES string of the molecule is CCCNCCCS(=O)(=O)N1CCCC1CN(C)C. The molecule has 19 heavy (non-hydrogen) atoms. The average Bonchev–Trinajstić information content (AvgIpc) is 2.76. The molecule has 1 atom stereocenters. The first kappa shape index (κ1) is 16.9. The van der Waals surface area contributed by atoms with Crippen molar-refractivity contribution in [2.45, 2.75) is 38.6 Å². The van der Waals surface area contributed by atoms with Crippen molar-refractivity contribution in [3.63, 3.8) is 0 Å². The topological polar surface area (TPSA) is 52.7 Å². The fourth-order valence-electron chi connectivity index (χ4n) is 2.58. The lowest BCUT2D eigenvalue weighted by molar-refractivity contribution is 0.291. The van der Waals surface area contributed by atoms with Crippen molar-refractivity contribution in [3.05, 3.63) is 0 Å². The van der Waals surface area contributed by atoms with Crippen molar-refractivity contribution in [3.8, 4) is 0 Å². The summed E-state index contributed by atoms with van der Waals surface area (Å²) < 4.78 is 26.4. The van der Waals surface area contributed by atoms with Crippen LogP contribution >= 0.6 is 0 Å². The predicted molar refractivity (Wildman–Crippen MR) is 79.8 cm³/mol. The van der Waals surface area contributed by atoms with Crippen LogP contribution in [0, 0.1) is 0 Å². The van der Waals surface area contributed by atoms with E-state index in [0.717, 1.165) is 38.9 Å². The van der Waals surface area contributed by atoms with E-state index in [4.69, 9.17) is 0 Å². The highest BCUT2D eigenvalue weighted by Gasteiger charge is 2.33. The second-order valence-corrected chi connectivity index (χ2v) is 7.63. The molecule has 114 valence electrons. The van der Waals surface area contributed by atoms with Gasteiger partial charge in [0.25, 0.3) is 0 Å². The van der Waals surface area contributed by atoms with E-state index in [1.54, 1.807) is 4.31 Å². The van der Waals surface area contributed by atoms with Crippen molar-refractivity contribution < 1.29 is 8.42 Å². The fraction of sp³-hybridized carbons (Fsp3) is 1.00. The van der Waals surface area contributed by atoms with Crippen LogP contribution < -0.4 is 5.32 Å². The molecule has 1 unspecified atom stereocenters. The van der Waals surface area contributed by atoms with Crippen LogP contribution in [-0.4, -0.2) is 69.7 Å². The molecule has 1 heterocycles. The van der Waals surface area contributed by atoms with Gasteiger partial charge in [-0.2, -0.15) is 4.31 Å². The normalized spacial score (nSPS) is 21.4. The van der Waals surface area contributed by atoms with E-state index in [2.05, 4.69) is 17.1 Å². The highest BCUT2D eigenvalue weighted by atomic mass is 32.2. The number of hydrogen-bond donors (Lipinski definition) is 1. The Balaban J connectivity index is 2.42. The summed E-state index contributed by atoms with van der Waals surface area (Å²) in [4.78, 5) is 2.07. The quantitative estimate of drug-likeness (QED) is 0.636. The number of likely N-dealkylation sites (N-methyl/N-ethyl adjacent to an activating group) is 1. The Bertz CT molecular complexity index is 344. The summed E-state index contributed by atoms with van der Waals surface area (Å²) in [6.07, 6.45) is 3.77. The third-order valence-corrected chi connectivity index (χ3v) is 5.44. The van der Waals surface area contributed by atoms with Gasteiger partial charge in [0.15, 0.2) is 0 Å². The first-order valence-electron chi connectivity index (χ1n) is 7.32. The highest BCUT2D eigenvalue weighted by Crippen LogP contribution is 2.22. The summed E-state index contributed by atoms with van der Waals surface area (Å²) in [6, 6.07) is 0.170. The van der Waals surface area contributed by atoms with E-state index in [0.29, 0.717) is 13.0 Å². The molecule has 0 bridgehead atoms. The highest BCUT2D eigenvalue weighted by molar-refractivity contribution is 7.89. The van der Waals surface area contributed by atoms with Gasteiger partial charge >= 0.3 is 0 Å². The van der Waals surface area contributed by atoms with Crippen LogP contribution in [0.4, 0.5) is 0 Å².